The number of aromatic hydroxyl groups is 2. The average Bonchev–Trinajstić information content (AvgIpc) is 3.15. The van der Waals surface area contributed by atoms with Gasteiger partial charge in [0.1, 0.15) is 11.5 Å². The molecule has 1 heterocycles. The molecular weight excluding hydrogens is 378 g/mol. The summed E-state index contributed by atoms with van der Waals surface area (Å²) in [7, 11) is 0. The lowest BCUT2D eigenvalue weighted by Gasteiger charge is -2.42. The molecule has 3 aromatic rings. The molecule has 2 N–H and O–H groups in total. The first kappa shape index (κ1) is 20.0. The van der Waals surface area contributed by atoms with Crippen LogP contribution in [-0.2, 0) is 17.3 Å². The van der Waals surface area contributed by atoms with Crippen molar-refractivity contribution in [3.8, 4) is 22.6 Å². The summed E-state index contributed by atoms with van der Waals surface area (Å²) >= 11 is 1.57. The maximum atomic E-state index is 10.7. The second-order valence-corrected chi connectivity index (χ2v) is 10.6. The highest BCUT2D eigenvalue weighted by Gasteiger charge is 2.37. The highest BCUT2D eigenvalue weighted by molar-refractivity contribution is 7.09. The molecule has 0 aliphatic heterocycles. The van der Waals surface area contributed by atoms with Gasteiger partial charge in [-0.3, -0.25) is 4.98 Å². The number of benzene rings is 2. The third-order valence-electron chi connectivity index (χ3n) is 6.53. The van der Waals surface area contributed by atoms with E-state index in [4.69, 9.17) is 0 Å². The predicted octanol–water partition coefficient (Wildman–Crippen LogP) is 6.47. The van der Waals surface area contributed by atoms with Crippen LogP contribution in [0.2, 0.25) is 0 Å². The summed E-state index contributed by atoms with van der Waals surface area (Å²) in [5, 5.41) is 21.1. The third-order valence-corrected chi connectivity index (χ3v) is 7.31. The van der Waals surface area contributed by atoms with E-state index in [2.05, 4.69) is 51.7 Å². The van der Waals surface area contributed by atoms with Crippen molar-refractivity contribution >= 4 is 11.3 Å². The monoisotopic (exact) mass is 407 g/mol. The van der Waals surface area contributed by atoms with Crippen LogP contribution in [0.3, 0.4) is 0 Å². The zero-order valence-electron chi connectivity index (χ0n) is 17.8. The number of nitrogens with zero attached hydrogens (tertiary/aromatic N) is 1. The summed E-state index contributed by atoms with van der Waals surface area (Å²) in [5.74, 6) is 0.239. The minimum absolute atomic E-state index is 0.102. The third kappa shape index (κ3) is 3.55. The molecule has 3 nitrogen and oxygen atoms in total. The SMILES string of the molecule is Cc1cc2c(cc1-c1cc(Cc3cncs3)c(O)cc1O)C(C)(C)CCC2(C)C. The zero-order chi connectivity index (χ0) is 21.0. The molecule has 0 unspecified atom stereocenters. The van der Waals surface area contributed by atoms with Crippen molar-refractivity contribution in [2.45, 2.75) is 64.7 Å². The number of hydrogen-bond donors (Lipinski definition) is 2. The minimum atomic E-state index is 0.102. The standard InChI is InChI=1S/C25H29NO2S/c1-15-8-20-21(25(4,5)7-6-24(20,2)3)11-18(15)19-10-16(22(27)12-23(19)28)9-17-13-26-14-29-17/h8,10-14,27-28H,6-7,9H2,1-5H3. The van der Waals surface area contributed by atoms with E-state index in [1.807, 2.05) is 12.3 Å². The molecule has 152 valence electrons. The molecule has 0 amide bonds. The molecule has 0 saturated heterocycles. The summed E-state index contributed by atoms with van der Waals surface area (Å²) in [5.41, 5.74) is 8.61. The average molecular weight is 408 g/mol. The molecule has 0 atom stereocenters. The topological polar surface area (TPSA) is 53.4 Å². The zero-order valence-corrected chi connectivity index (χ0v) is 18.7. The molecular formula is C25H29NO2S. The molecule has 0 bridgehead atoms. The smallest absolute Gasteiger partial charge is 0.127 e. The summed E-state index contributed by atoms with van der Waals surface area (Å²) in [6, 6.07) is 7.98. The Labute approximate surface area is 177 Å². The van der Waals surface area contributed by atoms with Crippen molar-refractivity contribution in [1.29, 1.82) is 0 Å². The van der Waals surface area contributed by atoms with E-state index in [0.717, 1.165) is 33.6 Å². The Balaban J connectivity index is 1.87. The lowest BCUT2D eigenvalue weighted by Crippen LogP contribution is -2.34. The van der Waals surface area contributed by atoms with Gasteiger partial charge in [0.2, 0.25) is 0 Å². The molecule has 0 saturated carbocycles. The summed E-state index contributed by atoms with van der Waals surface area (Å²) in [6.07, 6.45) is 4.75. The fourth-order valence-corrected chi connectivity index (χ4v) is 5.13. The molecule has 29 heavy (non-hydrogen) atoms. The van der Waals surface area contributed by atoms with Crippen molar-refractivity contribution in [2.75, 3.05) is 0 Å². The van der Waals surface area contributed by atoms with E-state index < -0.39 is 0 Å². The number of aryl methyl sites for hydroxylation is 1. The molecule has 1 aromatic heterocycles. The quantitative estimate of drug-likeness (QED) is 0.523. The molecule has 4 rings (SSSR count). The fourth-order valence-electron chi connectivity index (χ4n) is 4.51. The molecule has 1 aliphatic rings. The minimum Gasteiger partial charge on any atom is -0.508 e. The van der Waals surface area contributed by atoms with Crippen LogP contribution in [0.5, 0.6) is 11.5 Å². The predicted molar refractivity (Wildman–Crippen MR) is 120 cm³/mol. The lowest BCUT2D eigenvalue weighted by atomic mass is 9.62. The second-order valence-electron chi connectivity index (χ2n) is 9.62. The molecule has 0 fully saturated rings. The maximum absolute atomic E-state index is 10.7. The summed E-state index contributed by atoms with van der Waals surface area (Å²) in [4.78, 5) is 5.21. The Morgan fingerprint density at radius 2 is 1.55 bits per heavy atom. The van der Waals surface area contributed by atoms with E-state index >= 15 is 0 Å². The normalized spacial score (nSPS) is 17.1. The van der Waals surface area contributed by atoms with E-state index in [1.54, 1.807) is 16.8 Å². The molecule has 0 spiro atoms. The highest BCUT2D eigenvalue weighted by Crippen LogP contribution is 2.48. The van der Waals surface area contributed by atoms with Crippen molar-refractivity contribution in [2.24, 2.45) is 0 Å². The van der Waals surface area contributed by atoms with Gasteiger partial charge in [-0.15, -0.1) is 11.3 Å². The number of phenols is 2. The number of thiazole rings is 1. The Kier molecular flexibility index (Phi) is 4.73. The molecule has 4 heteroatoms. The van der Waals surface area contributed by atoms with E-state index in [1.165, 1.54) is 23.6 Å². The first-order valence-corrected chi connectivity index (χ1v) is 11.0. The number of fused-ring (bicyclic) bond motifs is 1. The largest absolute Gasteiger partial charge is 0.508 e. The molecule has 1 aliphatic carbocycles. The van der Waals surface area contributed by atoms with Crippen molar-refractivity contribution in [3.63, 3.8) is 0 Å². The van der Waals surface area contributed by atoms with Crippen LogP contribution in [0.4, 0.5) is 0 Å². The Morgan fingerprint density at radius 3 is 2.17 bits per heavy atom. The maximum Gasteiger partial charge on any atom is 0.127 e. The van der Waals surface area contributed by atoms with Gasteiger partial charge in [0.05, 0.1) is 5.51 Å². The van der Waals surface area contributed by atoms with E-state index in [-0.39, 0.29) is 22.3 Å². The number of phenolic OH excluding ortho intramolecular Hbond substituents is 2. The Morgan fingerprint density at radius 1 is 0.897 bits per heavy atom. The van der Waals surface area contributed by atoms with Gasteiger partial charge in [-0.05, 0) is 65.0 Å². The van der Waals surface area contributed by atoms with Crippen LogP contribution >= 0.6 is 11.3 Å². The Bertz CT molecular complexity index is 1060. The summed E-state index contributed by atoms with van der Waals surface area (Å²) in [6.45, 7) is 11.4. The van der Waals surface area contributed by atoms with E-state index in [9.17, 15) is 10.2 Å². The van der Waals surface area contributed by atoms with Crippen LogP contribution < -0.4 is 0 Å². The van der Waals surface area contributed by atoms with Gasteiger partial charge in [0.25, 0.3) is 0 Å². The van der Waals surface area contributed by atoms with Gasteiger partial charge >= 0.3 is 0 Å². The molecule has 0 radical (unpaired) electrons. The highest BCUT2D eigenvalue weighted by atomic mass is 32.1. The van der Waals surface area contributed by atoms with Crippen molar-refractivity contribution in [3.05, 3.63) is 63.1 Å². The van der Waals surface area contributed by atoms with Crippen LogP contribution in [-0.4, -0.2) is 15.2 Å². The van der Waals surface area contributed by atoms with Crippen LogP contribution in [0.15, 0.2) is 36.0 Å². The second kappa shape index (κ2) is 6.88. The van der Waals surface area contributed by atoms with Gasteiger partial charge in [-0.25, -0.2) is 0 Å². The molecule has 2 aromatic carbocycles. The Hall–Kier alpha value is -2.33. The van der Waals surface area contributed by atoms with E-state index in [0.29, 0.717) is 6.42 Å². The van der Waals surface area contributed by atoms with Gasteiger partial charge in [-0.1, -0.05) is 33.8 Å². The lowest BCUT2D eigenvalue weighted by molar-refractivity contribution is 0.332. The van der Waals surface area contributed by atoms with Crippen molar-refractivity contribution < 1.29 is 10.2 Å². The van der Waals surface area contributed by atoms with Crippen LogP contribution in [0, 0.1) is 6.92 Å². The van der Waals surface area contributed by atoms with Gasteiger partial charge in [0.15, 0.2) is 0 Å². The van der Waals surface area contributed by atoms with Crippen LogP contribution in [0.1, 0.15) is 67.7 Å². The summed E-state index contributed by atoms with van der Waals surface area (Å²) < 4.78 is 0. The number of rotatable bonds is 3. The fraction of sp³-hybridized carbons (Fsp3) is 0.400. The number of aromatic nitrogens is 1. The number of hydrogen-bond acceptors (Lipinski definition) is 4. The van der Waals surface area contributed by atoms with Gasteiger partial charge < -0.3 is 10.2 Å². The van der Waals surface area contributed by atoms with Gasteiger partial charge in [0, 0.05) is 34.7 Å². The van der Waals surface area contributed by atoms with Crippen LogP contribution in [0.25, 0.3) is 11.1 Å². The first-order chi connectivity index (χ1) is 13.6. The first-order valence-electron chi connectivity index (χ1n) is 10.2. The van der Waals surface area contributed by atoms with Crippen molar-refractivity contribution in [1.82, 2.24) is 4.98 Å². The van der Waals surface area contributed by atoms with Gasteiger partial charge in [-0.2, -0.15) is 0 Å².